The van der Waals surface area contributed by atoms with Crippen LogP contribution in [0.4, 0.5) is 14.5 Å². The van der Waals surface area contributed by atoms with E-state index in [2.05, 4.69) is 32.1 Å². The third-order valence-electron chi connectivity index (χ3n) is 8.80. The van der Waals surface area contributed by atoms with Gasteiger partial charge < -0.3 is 15.0 Å². The molecular weight excluding hydrogens is 608 g/mol. The molecule has 2 aliphatic rings. The van der Waals surface area contributed by atoms with Crippen LogP contribution in [0.1, 0.15) is 54.3 Å². The molecule has 6 rings (SSSR count). The molecule has 0 unspecified atom stereocenters. The second-order valence-corrected chi connectivity index (χ2v) is 12.5. The molecule has 0 radical (unpaired) electrons. The second kappa shape index (κ2) is 13.5. The Morgan fingerprint density at radius 1 is 1.04 bits per heavy atom. The van der Waals surface area contributed by atoms with Crippen LogP contribution >= 0.6 is 0 Å². The van der Waals surface area contributed by atoms with E-state index in [1.165, 1.54) is 48.0 Å². The van der Waals surface area contributed by atoms with Crippen molar-refractivity contribution in [2.45, 2.75) is 45.7 Å². The Kier molecular flexibility index (Phi) is 9.28. The molecule has 11 nitrogen and oxygen atoms in total. The van der Waals surface area contributed by atoms with Gasteiger partial charge in [-0.1, -0.05) is 0 Å². The van der Waals surface area contributed by atoms with Crippen LogP contribution in [-0.4, -0.2) is 68.0 Å². The van der Waals surface area contributed by atoms with Crippen molar-refractivity contribution >= 4 is 11.6 Å². The van der Waals surface area contributed by atoms with Crippen molar-refractivity contribution in [3.05, 3.63) is 104 Å². The maximum atomic E-state index is 15.3. The Labute approximate surface area is 270 Å². The molecule has 1 N–H and O–H groups in total. The number of benzene rings is 2. The summed E-state index contributed by atoms with van der Waals surface area (Å²) in [5.41, 5.74) is -0.316. The monoisotopic (exact) mass is 645 g/mol. The van der Waals surface area contributed by atoms with Crippen molar-refractivity contribution in [2.24, 2.45) is 5.92 Å². The summed E-state index contributed by atoms with van der Waals surface area (Å²) in [6.45, 7) is 8.26. The van der Waals surface area contributed by atoms with Crippen LogP contribution in [0.15, 0.2) is 64.6 Å². The van der Waals surface area contributed by atoms with Gasteiger partial charge in [-0.3, -0.25) is 19.1 Å². The number of ether oxygens (including phenoxy) is 1. The third kappa shape index (κ3) is 7.00. The predicted octanol–water partition coefficient (Wildman–Crippen LogP) is 4.39. The summed E-state index contributed by atoms with van der Waals surface area (Å²) in [7, 11) is 2.16. The molecule has 246 valence electrons. The number of fused-ring (bicyclic) bond motifs is 1. The molecule has 0 bridgehead atoms. The molecule has 4 heterocycles. The lowest BCUT2D eigenvalue weighted by molar-refractivity contribution is 0.102. The maximum Gasteiger partial charge on any atom is 0.335 e. The van der Waals surface area contributed by atoms with Crippen LogP contribution < -0.4 is 21.3 Å². The van der Waals surface area contributed by atoms with Gasteiger partial charge in [0.15, 0.2) is 0 Å². The highest BCUT2D eigenvalue weighted by atomic mass is 19.1. The molecule has 1 amide bonds. The highest BCUT2D eigenvalue weighted by molar-refractivity contribution is 6.04. The molecule has 0 aliphatic carbocycles. The summed E-state index contributed by atoms with van der Waals surface area (Å²) in [6, 6.07) is 8.29. The average molecular weight is 646 g/mol. The van der Waals surface area contributed by atoms with E-state index in [4.69, 9.17) is 4.74 Å². The van der Waals surface area contributed by atoms with E-state index >= 15 is 4.39 Å². The fourth-order valence-corrected chi connectivity index (χ4v) is 6.11. The Morgan fingerprint density at radius 3 is 2.49 bits per heavy atom. The smallest absolute Gasteiger partial charge is 0.335 e. The fourth-order valence-electron chi connectivity index (χ4n) is 6.11. The molecule has 4 aromatic rings. The highest BCUT2D eigenvalue weighted by Gasteiger charge is 2.26. The standard InChI is InChI=1S/C34H37F2N7O4/c1-21(2)42-18-27(33(45)43(34(42)46)24-6-4-23(35)5-7-24)31(44)39-29-9-8-25(16-28(29)36)47-32-26-12-15-41(19-30(26)37-20-38-32)17-22-10-13-40(3)14-11-22/h4-9,16,18,20-22H,10-15,17,19H2,1-3H3,(H,39,44). The molecule has 1 saturated heterocycles. The summed E-state index contributed by atoms with van der Waals surface area (Å²) < 4.78 is 36.8. The number of nitrogens with zero attached hydrogens (tertiary/aromatic N) is 6. The summed E-state index contributed by atoms with van der Waals surface area (Å²) in [6.07, 6.45) is 5.69. The molecule has 47 heavy (non-hydrogen) atoms. The van der Waals surface area contributed by atoms with Gasteiger partial charge in [0.25, 0.3) is 11.5 Å². The Hall–Kier alpha value is -4.75. The van der Waals surface area contributed by atoms with E-state index in [9.17, 15) is 18.8 Å². The van der Waals surface area contributed by atoms with Gasteiger partial charge in [-0.05, 0) is 95.6 Å². The number of likely N-dealkylation sites (tertiary alicyclic amines) is 1. The normalized spacial score (nSPS) is 15.9. The van der Waals surface area contributed by atoms with Crippen molar-refractivity contribution < 1.29 is 18.3 Å². The number of amides is 1. The molecule has 2 aromatic carbocycles. The van der Waals surface area contributed by atoms with E-state index in [-0.39, 0.29) is 22.7 Å². The predicted molar refractivity (Wildman–Crippen MR) is 172 cm³/mol. The number of hydrogen-bond acceptors (Lipinski definition) is 8. The quantitative estimate of drug-likeness (QED) is 0.300. The number of hydrogen-bond donors (Lipinski definition) is 1. The van der Waals surface area contributed by atoms with Crippen molar-refractivity contribution in [3.63, 3.8) is 0 Å². The zero-order valence-corrected chi connectivity index (χ0v) is 26.6. The van der Waals surface area contributed by atoms with Crippen LogP contribution in [0.2, 0.25) is 0 Å². The first-order valence-electron chi connectivity index (χ1n) is 15.7. The molecular formula is C34H37F2N7O4. The van der Waals surface area contributed by atoms with Gasteiger partial charge in [0.1, 0.15) is 29.3 Å². The molecule has 0 atom stereocenters. The van der Waals surface area contributed by atoms with E-state index in [1.807, 2.05) is 0 Å². The summed E-state index contributed by atoms with van der Waals surface area (Å²) >= 11 is 0. The topological polar surface area (TPSA) is 115 Å². The number of rotatable bonds is 8. The van der Waals surface area contributed by atoms with E-state index in [0.717, 1.165) is 66.4 Å². The Balaban J connectivity index is 1.18. The lowest BCUT2D eigenvalue weighted by Gasteiger charge is -2.35. The average Bonchev–Trinajstić information content (AvgIpc) is 3.04. The SMILES string of the molecule is CC(C)n1cc(C(=O)Nc2ccc(Oc3ncnc4c3CCN(CC3CCN(C)CC3)C4)cc2F)c(=O)n(-c2ccc(F)cc2)c1=O. The zero-order valence-electron chi connectivity index (χ0n) is 26.6. The number of anilines is 1. The summed E-state index contributed by atoms with van der Waals surface area (Å²) in [5, 5.41) is 2.43. The Bertz CT molecular complexity index is 1900. The van der Waals surface area contributed by atoms with Crippen LogP contribution in [0.25, 0.3) is 5.69 Å². The minimum absolute atomic E-state index is 0.0926. The molecule has 2 aliphatic heterocycles. The summed E-state index contributed by atoms with van der Waals surface area (Å²) in [4.78, 5) is 53.3. The van der Waals surface area contributed by atoms with E-state index in [1.54, 1.807) is 13.8 Å². The minimum Gasteiger partial charge on any atom is -0.439 e. The van der Waals surface area contributed by atoms with Gasteiger partial charge in [-0.25, -0.2) is 28.1 Å². The number of piperidine rings is 1. The highest BCUT2D eigenvalue weighted by Crippen LogP contribution is 2.31. The van der Waals surface area contributed by atoms with Gasteiger partial charge in [0.05, 0.1) is 17.1 Å². The first-order valence-corrected chi connectivity index (χ1v) is 15.7. The third-order valence-corrected chi connectivity index (χ3v) is 8.80. The van der Waals surface area contributed by atoms with Gasteiger partial charge >= 0.3 is 5.69 Å². The van der Waals surface area contributed by atoms with Crippen LogP contribution in [0, 0.1) is 17.6 Å². The van der Waals surface area contributed by atoms with Crippen LogP contribution in [0.5, 0.6) is 11.6 Å². The number of nitrogens with one attached hydrogen (secondary N) is 1. The van der Waals surface area contributed by atoms with Gasteiger partial charge in [-0.15, -0.1) is 0 Å². The molecule has 0 spiro atoms. The van der Waals surface area contributed by atoms with Crippen LogP contribution in [0.3, 0.4) is 0 Å². The number of aromatic nitrogens is 4. The molecule has 2 aromatic heterocycles. The Morgan fingerprint density at radius 2 is 1.79 bits per heavy atom. The van der Waals surface area contributed by atoms with Gasteiger partial charge in [0, 0.05) is 43.5 Å². The van der Waals surface area contributed by atoms with Crippen molar-refractivity contribution in [3.8, 4) is 17.3 Å². The van der Waals surface area contributed by atoms with E-state index < -0.39 is 34.8 Å². The summed E-state index contributed by atoms with van der Waals surface area (Å²) in [5.74, 6) is -1.04. The van der Waals surface area contributed by atoms with Gasteiger partial charge in [-0.2, -0.15) is 0 Å². The number of carbonyl (C=O) groups is 1. The fraction of sp³-hybridized carbons (Fsp3) is 0.382. The number of carbonyl (C=O) groups excluding carboxylic acids is 1. The first kappa shape index (κ1) is 32.2. The molecule has 0 saturated carbocycles. The lowest BCUT2D eigenvalue weighted by Crippen LogP contribution is -2.42. The zero-order chi connectivity index (χ0) is 33.2. The maximum absolute atomic E-state index is 15.3. The van der Waals surface area contributed by atoms with Crippen molar-refractivity contribution in [1.29, 1.82) is 0 Å². The lowest BCUT2D eigenvalue weighted by atomic mass is 9.95. The van der Waals surface area contributed by atoms with Crippen molar-refractivity contribution in [1.82, 2.24) is 28.9 Å². The largest absolute Gasteiger partial charge is 0.439 e. The molecule has 13 heteroatoms. The molecule has 1 fully saturated rings. The minimum atomic E-state index is -0.921. The van der Waals surface area contributed by atoms with Crippen molar-refractivity contribution in [2.75, 3.05) is 38.5 Å². The van der Waals surface area contributed by atoms with Crippen LogP contribution in [-0.2, 0) is 13.0 Å². The van der Waals surface area contributed by atoms with Gasteiger partial charge in [0.2, 0.25) is 5.88 Å². The number of halogens is 2. The van der Waals surface area contributed by atoms with E-state index in [0.29, 0.717) is 24.8 Å². The first-order chi connectivity index (χ1) is 22.6. The second-order valence-electron chi connectivity index (χ2n) is 12.5.